The molecule has 2 aromatic rings. The second-order valence-corrected chi connectivity index (χ2v) is 4.96. The van der Waals surface area contributed by atoms with Crippen molar-refractivity contribution in [3.8, 4) is 5.75 Å². The van der Waals surface area contributed by atoms with E-state index in [1.54, 1.807) is 20.1 Å². The Bertz CT molecular complexity index is 655. The summed E-state index contributed by atoms with van der Waals surface area (Å²) in [6, 6.07) is 11.7. The molecule has 0 saturated carbocycles. The van der Waals surface area contributed by atoms with E-state index >= 15 is 0 Å². The molecule has 3 nitrogen and oxygen atoms in total. The van der Waals surface area contributed by atoms with Crippen molar-refractivity contribution >= 4 is 5.91 Å². The standard InChI is InChI=1S/C17H18FNO2/c1-11-7-8-15(16(18)9-11)17(20)19-12(2)13-5-4-6-14(10-13)21-3/h4-10,12H,1-3H3,(H,19,20). The van der Waals surface area contributed by atoms with E-state index in [0.717, 1.165) is 16.9 Å². The summed E-state index contributed by atoms with van der Waals surface area (Å²) in [5.74, 6) is -0.219. The van der Waals surface area contributed by atoms with Crippen LogP contribution < -0.4 is 10.1 Å². The summed E-state index contributed by atoms with van der Waals surface area (Å²) >= 11 is 0. The summed E-state index contributed by atoms with van der Waals surface area (Å²) in [5.41, 5.74) is 1.73. The first-order chi connectivity index (χ1) is 10.0. The quantitative estimate of drug-likeness (QED) is 0.932. The highest BCUT2D eigenvalue weighted by Gasteiger charge is 2.15. The number of ether oxygens (including phenoxy) is 1. The van der Waals surface area contributed by atoms with E-state index in [-0.39, 0.29) is 11.6 Å². The van der Waals surface area contributed by atoms with Crippen LogP contribution in [0.25, 0.3) is 0 Å². The van der Waals surface area contributed by atoms with Gasteiger partial charge in [-0.15, -0.1) is 0 Å². The first-order valence-corrected chi connectivity index (χ1v) is 6.72. The topological polar surface area (TPSA) is 38.3 Å². The molecule has 110 valence electrons. The molecule has 0 heterocycles. The third kappa shape index (κ3) is 3.60. The third-order valence-electron chi connectivity index (χ3n) is 3.31. The smallest absolute Gasteiger partial charge is 0.254 e. The first-order valence-electron chi connectivity index (χ1n) is 6.72. The Balaban J connectivity index is 2.14. The van der Waals surface area contributed by atoms with Crippen LogP contribution in [0.15, 0.2) is 42.5 Å². The maximum Gasteiger partial charge on any atom is 0.254 e. The van der Waals surface area contributed by atoms with Crippen LogP contribution in [0.4, 0.5) is 4.39 Å². The molecule has 0 aliphatic carbocycles. The Labute approximate surface area is 123 Å². The van der Waals surface area contributed by atoms with Gasteiger partial charge >= 0.3 is 0 Å². The molecule has 4 heteroatoms. The molecule has 2 aromatic carbocycles. The number of amides is 1. The normalized spacial score (nSPS) is 11.8. The molecule has 2 rings (SSSR count). The van der Waals surface area contributed by atoms with E-state index in [1.807, 2.05) is 31.2 Å². The molecule has 0 aromatic heterocycles. The summed E-state index contributed by atoms with van der Waals surface area (Å²) in [6.45, 7) is 3.63. The molecular weight excluding hydrogens is 269 g/mol. The van der Waals surface area contributed by atoms with Crippen molar-refractivity contribution in [3.63, 3.8) is 0 Å². The van der Waals surface area contributed by atoms with E-state index < -0.39 is 11.7 Å². The highest BCUT2D eigenvalue weighted by Crippen LogP contribution is 2.19. The zero-order valence-electron chi connectivity index (χ0n) is 12.3. The monoisotopic (exact) mass is 287 g/mol. The zero-order chi connectivity index (χ0) is 15.4. The maximum atomic E-state index is 13.8. The summed E-state index contributed by atoms with van der Waals surface area (Å²) in [4.78, 5) is 12.1. The summed E-state index contributed by atoms with van der Waals surface area (Å²) < 4.78 is 18.9. The highest BCUT2D eigenvalue weighted by atomic mass is 19.1. The first kappa shape index (κ1) is 15.0. The highest BCUT2D eigenvalue weighted by molar-refractivity contribution is 5.94. The maximum absolute atomic E-state index is 13.8. The number of methoxy groups -OCH3 is 1. The largest absolute Gasteiger partial charge is 0.497 e. The number of carbonyl (C=O) groups excluding carboxylic acids is 1. The lowest BCUT2D eigenvalue weighted by Gasteiger charge is -2.15. The Morgan fingerprint density at radius 2 is 2.00 bits per heavy atom. The molecule has 1 unspecified atom stereocenters. The van der Waals surface area contributed by atoms with Crippen LogP contribution in [0.5, 0.6) is 5.75 Å². The molecule has 0 spiro atoms. The fraction of sp³-hybridized carbons (Fsp3) is 0.235. The third-order valence-corrected chi connectivity index (χ3v) is 3.31. The summed E-state index contributed by atoms with van der Waals surface area (Å²) in [5, 5.41) is 2.79. The van der Waals surface area contributed by atoms with Gasteiger partial charge in [-0.3, -0.25) is 4.79 Å². The fourth-order valence-corrected chi connectivity index (χ4v) is 2.07. The predicted molar refractivity (Wildman–Crippen MR) is 80.0 cm³/mol. The van der Waals surface area contributed by atoms with Crippen LogP contribution in [0, 0.1) is 12.7 Å². The van der Waals surface area contributed by atoms with Gasteiger partial charge in [0.05, 0.1) is 18.7 Å². The number of halogens is 1. The van der Waals surface area contributed by atoms with Gasteiger partial charge < -0.3 is 10.1 Å². The van der Waals surface area contributed by atoms with Crippen LogP contribution in [-0.4, -0.2) is 13.0 Å². The number of rotatable bonds is 4. The number of hydrogen-bond acceptors (Lipinski definition) is 2. The van der Waals surface area contributed by atoms with Gasteiger partial charge in [0.1, 0.15) is 11.6 Å². The number of aryl methyl sites for hydroxylation is 1. The Kier molecular flexibility index (Phi) is 4.58. The van der Waals surface area contributed by atoms with Gasteiger partial charge in [0.15, 0.2) is 0 Å². The van der Waals surface area contributed by atoms with Crippen LogP contribution in [-0.2, 0) is 0 Å². The van der Waals surface area contributed by atoms with E-state index in [0.29, 0.717) is 0 Å². The second-order valence-electron chi connectivity index (χ2n) is 4.96. The van der Waals surface area contributed by atoms with Crippen LogP contribution >= 0.6 is 0 Å². The lowest BCUT2D eigenvalue weighted by molar-refractivity contribution is 0.0935. The van der Waals surface area contributed by atoms with Crippen molar-refractivity contribution in [1.29, 1.82) is 0 Å². The van der Waals surface area contributed by atoms with E-state index in [2.05, 4.69) is 5.32 Å². The van der Waals surface area contributed by atoms with Gasteiger partial charge in [-0.2, -0.15) is 0 Å². The van der Waals surface area contributed by atoms with Gasteiger partial charge in [-0.1, -0.05) is 18.2 Å². The van der Waals surface area contributed by atoms with Crippen molar-refractivity contribution in [2.75, 3.05) is 7.11 Å². The van der Waals surface area contributed by atoms with E-state index in [1.165, 1.54) is 12.1 Å². The number of benzene rings is 2. The minimum atomic E-state index is -0.509. The number of nitrogens with one attached hydrogen (secondary N) is 1. The lowest BCUT2D eigenvalue weighted by Crippen LogP contribution is -2.27. The Morgan fingerprint density at radius 1 is 1.24 bits per heavy atom. The van der Waals surface area contributed by atoms with Crippen LogP contribution in [0.2, 0.25) is 0 Å². The SMILES string of the molecule is COc1cccc(C(C)NC(=O)c2ccc(C)cc2F)c1. The van der Waals surface area contributed by atoms with Gasteiger partial charge in [-0.05, 0) is 49.2 Å². The Morgan fingerprint density at radius 3 is 2.67 bits per heavy atom. The molecule has 0 aliphatic rings. The van der Waals surface area contributed by atoms with Crippen molar-refractivity contribution < 1.29 is 13.9 Å². The van der Waals surface area contributed by atoms with Gasteiger partial charge in [-0.25, -0.2) is 4.39 Å². The minimum absolute atomic E-state index is 0.0512. The molecule has 21 heavy (non-hydrogen) atoms. The second kappa shape index (κ2) is 6.39. The van der Waals surface area contributed by atoms with Crippen molar-refractivity contribution in [2.24, 2.45) is 0 Å². The molecule has 1 N–H and O–H groups in total. The molecule has 0 saturated heterocycles. The molecular formula is C17H18FNO2. The zero-order valence-corrected chi connectivity index (χ0v) is 12.3. The molecule has 0 bridgehead atoms. The average molecular weight is 287 g/mol. The van der Waals surface area contributed by atoms with Crippen molar-refractivity contribution in [1.82, 2.24) is 5.32 Å². The number of hydrogen-bond donors (Lipinski definition) is 1. The predicted octanol–water partition coefficient (Wildman–Crippen LogP) is 3.63. The Hall–Kier alpha value is -2.36. The minimum Gasteiger partial charge on any atom is -0.497 e. The van der Waals surface area contributed by atoms with Gasteiger partial charge in [0.2, 0.25) is 0 Å². The van der Waals surface area contributed by atoms with Crippen molar-refractivity contribution in [2.45, 2.75) is 19.9 Å². The van der Waals surface area contributed by atoms with Crippen molar-refractivity contribution in [3.05, 3.63) is 65.0 Å². The number of carbonyl (C=O) groups is 1. The van der Waals surface area contributed by atoms with E-state index in [4.69, 9.17) is 4.74 Å². The molecule has 0 fully saturated rings. The van der Waals surface area contributed by atoms with Crippen LogP contribution in [0.3, 0.4) is 0 Å². The molecule has 1 atom stereocenters. The average Bonchev–Trinajstić information content (AvgIpc) is 2.47. The molecule has 1 amide bonds. The molecule has 0 aliphatic heterocycles. The summed E-state index contributed by atoms with van der Waals surface area (Å²) in [6.07, 6.45) is 0. The van der Waals surface area contributed by atoms with Gasteiger partial charge in [0.25, 0.3) is 5.91 Å². The lowest BCUT2D eigenvalue weighted by atomic mass is 10.1. The molecule has 0 radical (unpaired) electrons. The van der Waals surface area contributed by atoms with E-state index in [9.17, 15) is 9.18 Å². The fourth-order valence-electron chi connectivity index (χ4n) is 2.07. The summed E-state index contributed by atoms with van der Waals surface area (Å²) in [7, 11) is 1.59. The van der Waals surface area contributed by atoms with Crippen LogP contribution in [0.1, 0.15) is 34.5 Å². The van der Waals surface area contributed by atoms with Gasteiger partial charge in [0, 0.05) is 0 Å².